The van der Waals surface area contributed by atoms with Crippen LogP contribution in [-0.4, -0.2) is 23.0 Å². The molecule has 1 amide bonds. The molecule has 116 valence electrons. The highest BCUT2D eigenvalue weighted by Gasteiger charge is 2.21. The molecule has 0 saturated carbocycles. The van der Waals surface area contributed by atoms with Gasteiger partial charge in [-0.15, -0.1) is 0 Å². The average Bonchev–Trinajstić information content (AvgIpc) is 2.54. The van der Waals surface area contributed by atoms with Crippen molar-refractivity contribution in [2.75, 3.05) is 0 Å². The van der Waals surface area contributed by atoms with Gasteiger partial charge in [-0.05, 0) is 35.9 Å². The first-order valence-corrected chi connectivity index (χ1v) is 7.15. The summed E-state index contributed by atoms with van der Waals surface area (Å²) in [4.78, 5) is 23.6. The van der Waals surface area contributed by atoms with Crippen molar-refractivity contribution < 1.29 is 14.7 Å². The Balaban J connectivity index is 2.14. The lowest BCUT2D eigenvalue weighted by Crippen LogP contribution is -2.42. The SMILES string of the molecule is N#Cc1cccc(C(=O)NC(Cc2cccc(Cl)c2)C(=O)O)c1. The second-order valence-electron chi connectivity index (χ2n) is 4.89. The van der Waals surface area contributed by atoms with Crippen molar-refractivity contribution in [1.29, 1.82) is 5.26 Å². The molecule has 1 atom stereocenters. The van der Waals surface area contributed by atoms with Crippen molar-refractivity contribution in [1.82, 2.24) is 5.32 Å². The van der Waals surface area contributed by atoms with Gasteiger partial charge in [0.1, 0.15) is 6.04 Å². The number of carbonyl (C=O) groups excluding carboxylic acids is 1. The molecule has 0 saturated heterocycles. The third kappa shape index (κ3) is 4.56. The van der Waals surface area contributed by atoms with Gasteiger partial charge in [-0.25, -0.2) is 4.79 Å². The smallest absolute Gasteiger partial charge is 0.326 e. The highest BCUT2D eigenvalue weighted by atomic mass is 35.5. The van der Waals surface area contributed by atoms with E-state index < -0.39 is 17.9 Å². The van der Waals surface area contributed by atoms with Gasteiger partial charge in [0, 0.05) is 17.0 Å². The van der Waals surface area contributed by atoms with E-state index in [1.54, 1.807) is 36.4 Å². The van der Waals surface area contributed by atoms with Crippen LogP contribution in [0.15, 0.2) is 48.5 Å². The fourth-order valence-electron chi connectivity index (χ4n) is 2.07. The minimum Gasteiger partial charge on any atom is -0.480 e. The maximum absolute atomic E-state index is 12.2. The van der Waals surface area contributed by atoms with Crippen LogP contribution in [0.5, 0.6) is 0 Å². The number of carbonyl (C=O) groups is 2. The number of carboxylic acid groups (broad SMARTS) is 1. The molecule has 0 heterocycles. The molecule has 2 N–H and O–H groups in total. The van der Waals surface area contributed by atoms with E-state index in [0.29, 0.717) is 16.1 Å². The Hall–Kier alpha value is -2.84. The highest BCUT2D eigenvalue weighted by molar-refractivity contribution is 6.30. The first-order valence-electron chi connectivity index (χ1n) is 6.78. The number of amides is 1. The van der Waals surface area contributed by atoms with Crippen LogP contribution in [0.1, 0.15) is 21.5 Å². The predicted octanol–water partition coefficient (Wildman–Crippen LogP) is 2.64. The fourth-order valence-corrected chi connectivity index (χ4v) is 2.28. The van der Waals surface area contributed by atoms with E-state index in [2.05, 4.69) is 5.32 Å². The van der Waals surface area contributed by atoms with Crippen molar-refractivity contribution in [2.45, 2.75) is 12.5 Å². The van der Waals surface area contributed by atoms with Gasteiger partial charge in [-0.2, -0.15) is 5.26 Å². The minimum absolute atomic E-state index is 0.111. The third-order valence-corrected chi connectivity index (χ3v) is 3.42. The van der Waals surface area contributed by atoms with Crippen LogP contribution in [0.4, 0.5) is 0 Å². The van der Waals surface area contributed by atoms with Gasteiger partial charge in [0.2, 0.25) is 0 Å². The summed E-state index contributed by atoms with van der Waals surface area (Å²) in [7, 11) is 0. The van der Waals surface area contributed by atoms with Crippen molar-refractivity contribution >= 4 is 23.5 Å². The molecule has 6 heteroatoms. The lowest BCUT2D eigenvalue weighted by Gasteiger charge is -2.15. The summed E-state index contributed by atoms with van der Waals surface area (Å²) in [5.74, 6) is -1.69. The molecule has 0 bridgehead atoms. The van der Waals surface area contributed by atoms with Gasteiger partial charge in [0.25, 0.3) is 5.91 Å². The molecule has 5 nitrogen and oxygen atoms in total. The number of carboxylic acids is 1. The second-order valence-corrected chi connectivity index (χ2v) is 5.33. The van der Waals surface area contributed by atoms with Crippen LogP contribution in [0.2, 0.25) is 5.02 Å². The first kappa shape index (κ1) is 16.5. The molecule has 0 fully saturated rings. The number of hydrogen-bond donors (Lipinski definition) is 2. The van der Waals surface area contributed by atoms with E-state index in [4.69, 9.17) is 16.9 Å². The van der Waals surface area contributed by atoms with E-state index in [9.17, 15) is 14.7 Å². The Morgan fingerprint density at radius 2 is 1.96 bits per heavy atom. The number of nitriles is 1. The van der Waals surface area contributed by atoms with Crippen LogP contribution < -0.4 is 5.32 Å². The van der Waals surface area contributed by atoms with E-state index in [0.717, 1.165) is 0 Å². The molecule has 0 aliphatic carbocycles. The number of halogens is 1. The van der Waals surface area contributed by atoms with Crippen LogP contribution in [0.3, 0.4) is 0 Å². The van der Waals surface area contributed by atoms with Crippen LogP contribution >= 0.6 is 11.6 Å². The molecule has 1 unspecified atom stereocenters. The average molecular weight is 329 g/mol. The first-order chi connectivity index (χ1) is 11.0. The summed E-state index contributed by atoms with van der Waals surface area (Å²) in [6.07, 6.45) is 0.111. The number of hydrogen-bond acceptors (Lipinski definition) is 3. The molecule has 0 radical (unpaired) electrons. The normalized spacial score (nSPS) is 11.3. The summed E-state index contributed by atoms with van der Waals surface area (Å²) < 4.78 is 0. The molecule has 2 rings (SSSR count). The van der Waals surface area contributed by atoms with E-state index in [-0.39, 0.29) is 12.0 Å². The van der Waals surface area contributed by atoms with Crippen molar-refractivity contribution in [3.05, 3.63) is 70.2 Å². The Bertz CT molecular complexity index is 783. The summed E-state index contributed by atoms with van der Waals surface area (Å²) in [6.45, 7) is 0. The summed E-state index contributed by atoms with van der Waals surface area (Å²) in [6, 6.07) is 13.7. The highest BCUT2D eigenvalue weighted by Crippen LogP contribution is 2.13. The Morgan fingerprint density at radius 1 is 1.22 bits per heavy atom. The Kier molecular flexibility index (Phi) is 5.34. The predicted molar refractivity (Wildman–Crippen MR) is 85.2 cm³/mol. The second kappa shape index (κ2) is 7.43. The number of benzene rings is 2. The standard InChI is InChI=1S/C17H13ClN2O3/c18-14-6-2-3-11(8-14)9-15(17(22)23)20-16(21)13-5-1-4-12(7-13)10-19/h1-8,15H,9H2,(H,20,21)(H,22,23). The van der Waals surface area contributed by atoms with Gasteiger partial charge >= 0.3 is 5.97 Å². The van der Waals surface area contributed by atoms with Crippen molar-refractivity contribution in [3.8, 4) is 6.07 Å². The van der Waals surface area contributed by atoms with E-state index >= 15 is 0 Å². The summed E-state index contributed by atoms with van der Waals surface area (Å²) >= 11 is 5.88. The van der Waals surface area contributed by atoms with Gasteiger partial charge in [0.05, 0.1) is 11.6 Å². The Labute approximate surface area is 138 Å². The molecule has 23 heavy (non-hydrogen) atoms. The summed E-state index contributed by atoms with van der Waals surface area (Å²) in [5, 5.41) is 21.1. The molecule has 0 aliphatic rings. The quantitative estimate of drug-likeness (QED) is 0.882. The lowest BCUT2D eigenvalue weighted by atomic mass is 10.0. The largest absolute Gasteiger partial charge is 0.480 e. The maximum atomic E-state index is 12.2. The Morgan fingerprint density at radius 3 is 2.61 bits per heavy atom. The van der Waals surface area contributed by atoms with Crippen LogP contribution in [-0.2, 0) is 11.2 Å². The number of aliphatic carboxylic acids is 1. The topological polar surface area (TPSA) is 90.2 Å². The number of nitrogens with one attached hydrogen (secondary N) is 1. The zero-order valence-electron chi connectivity index (χ0n) is 12.0. The number of nitrogens with zero attached hydrogens (tertiary/aromatic N) is 1. The maximum Gasteiger partial charge on any atom is 0.326 e. The minimum atomic E-state index is -1.14. The molecule has 0 aromatic heterocycles. The molecule has 0 aliphatic heterocycles. The zero-order chi connectivity index (χ0) is 16.8. The monoisotopic (exact) mass is 328 g/mol. The summed E-state index contributed by atoms with van der Waals surface area (Å²) in [5.41, 5.74) is 1.27. The third-order valence-electron chi connectivity index (χ3n) is 3.19. The fraction of sp³-hybridized carbons (Fsp3) is 0.118. The molecular formula is C17H13ClN2O3. The van der Waals surface area contributed by atoms with E-state index in [1.165, 1.54) is 12.1 Å². The molecule has 0 spiro atoms. The van der Waals surface area contributed by atoms with Gasteiger partial charge < -0.3 is 10.4 Å². The van der Waals surface area contributed by atoms with Crippen molar-refractivity contribution in [2.24, 2.45) is 0 Å². The van der Waals surface area contributed by atoms with Gasteiger partial charge in [-0.1, -0.05) is 29.8 Å². The van der Waals surface area contributed by atoms with E-state index in [1.807, 2.05) is 6.07 Å². The zero-order valence-corrected chi connectivity index (χ0v) is 12.7. The van der Waals surface area contributed by atoms with Gasteiger partial charge in [-0.3, -0.25) is 4.79 Å². The molecule has 2 aromatic carbocycles. The molecular weight excluding hydrogens is 316 g/mol. The van der Waals surface area contributed by atoms with Gasteiger partial charge in [0.15, 0.2) is 0 Å². The van der Waals surface area contributed by atoms with Crippen LogP contribution in [0.25, 0.3) is 0 Å². The van der Waals surface area contributed by atoms with Crippen LogP contribution in [0, 0.1) is 11.3 Å². The lowest BCUT2D eigenvalue weighted by molar-refractivity contribution is -0.139. The van der Waals surface area contributed by atoms with Crippen molar-refractivity contribution in [3.63, 3.8) is 0 Å². The number of rotatable bonds is 5. The molecule has 2 aromatic rings.